The minimum absolute atomic E-state index is 0.563. The van der Waals surface area contributed by atoms with Gasteiger partial charge in [-0.1, -0.05) is 194 Å². The summed E-state index contributed by atoms with van der Waals surface area (Å²) in [5.41, 5.74) is 19.6. The lowest BCUT2D eigenvalue weighted by molar-refractivity contribution is 0.436. The minimum atomic E-state index is -0.564. The monoisotopic (exact) mass is 892 g/mol. The highest BCUT2D eigenvalue weighted by Gasteiger charge is 2.53. The van der Waals surface area contributed by atoms with E-state index >= 15 is 0 Å². The zero-order chi connectivity index (χ0) is 46.0. The van der Waals surface area contributed by atoms with Gasteiger partial charge in [-0.05, 0) is 104 Å². The number of nitrogens with zero attached hydrogens (tertiary/aromatic N) is 4. The summed E-state index contributed by atoms with van der Waals surface area (Å²) in [7, 11) is 0. The number of anilines is 3. The molecule has 5 heteroatoms. The van der Waals surface area contributed by atoms with Crippen molar-refractivity contribution in [2.24, 2.45) is 0 Å². The van der Waals surface area contributed by atoms with Crippen molar-refractivity contribution in [3.8, 4) is 67.9 Å². The molecule has 3 heterocycles. The van der Waals surface area contributed by atoms with Crippen LogP contribution in [-0.4, -0.2) is 15.0 Å². The first-order valence-electron chi connectivity index (χ1n) is 23.9. The fraction of sp³-hybridized carbons (Fsp3) is 0.0308. The molecule has 0 fully saturated rings. The maximum Gasteiger partial charge on any atom is 0.164 e. The van der Waals surface area contributed by atoms with Gasteiger partial charge in [-0.3, -0.25) is 0 Å². The molecule has 0 radical (unpaired) electrons. The van der Waals surface area contributed by atoms with E-state index in [1.54, 1.807) is 0 Å². The maximum absolute atomic E-state index is 6.60. The molecular formula is C65H40N4O. The summed E-state index contributed by atoms with van der Waals surface area (Å²) < 4.78 is 6.60. The Labute approximate surface area is 405 Å². The highest BCUT2D eigenvalue weighted by Crippen LogP contribution is 2.65. The third kappa shape index (κ3) is 5.18. The zero-order valence-corrected chi connectivity index (χ0v) is 37.8. The lowest BCUT2D eigenvalue weighted by Gasteiger charge is -2.45. The van der Waals surface area contributed by atoms with Crippen molar-refractivity contribution in [2.75, 3.05) is 4.90 Å². The molecule has 1 aromatic heterocycles. The number of rotatable bonds is 4. The molecule has 0 saturated carbocycles. The Morgan fingerprint density at radius 3 is 1.17 bits per heavy atom. The second kappa shape index (κ2) is 14.7. The lowest BCUT2D eigenvalue weighted by atomic mass is 9.64. The van der Waals surface area contributed by atoms with E-state index in [9.17, 15) is 0 Å². The number of para-hydroxylation sites is 5. The van der Waals surface area contributed by atoms with E-state index in [2.05, 4.69) is 229 Å². The van der Waals surface area contributed by atoms with E-state index in [0.29, 0.717) is 17.5 Å². The van der Waals surface area contributed by atoms with Gasteiger partial charge in [-0.2, -0.15) is 0 Å². The summed E-state index contributed by atoms with van der Waals surface area (Å²) in [6.45, 7) is 0. The van der Waals surface area contributed by atoms with Crippen molar-refractivity contribution < 1.29 is 4.74 Å². The summed E-state index contributed by atoms with van der Waals surface area (Å²) in [6, 6.07) is 87.2. The Bertz CT molecular complexity index is 3860. The molecule has 0 amide bonds. The lowest BCUT2D eigenvalue weighted by Crippen LogP contribution is -2.36. The van der Waals surface area contributed by atoms with Crippen LogP contribution in [0, 0.1) is 0 Å². The summed E-state index contributed by atoms with van der Waals surface area (Å²) >= 11 is 0. The standard InChI is InChI=1S/C65H40N4O/c1-3-19-41(20-4-1)61-66-62(68-63(67-61)43-36-38-52-48(40-43)46-24-8-10-26-50(46)65(52)55-29-13-17-33-59(55)70-60-34-18-14-30-56(60)65)42-35-37-51-47(39-42)45-23-7-9-25-49(45)64(51)53-27-11-15-31-57(53)69(44-21-5-2-6-22-44)58-32-16-12-28-54(58)64/h1-40H. The van der Waals surface area contributed by atoms with Gasteiger partial charge in [0.15, 0.2) is 17.5 Å². The molecule has 0 bridgehead atoms. The zero-order valence-electron chi connectivity index (χ0n) is 37.8. The van der Waals surface area contributed by atoms with Crippen molar-refractivity contribution in [1.29, 1.82) is 0 Å². The van der Waals surface area contributed by atoms with Crippen LogP contribution in [0.2, 0.25) is 0 Å². The van der Waals surface area contributed by atoms with E-state index in [0.717, 1.165) is 50.6 Å². The second-order valence-corrected chi connectivity index (χ2v) is 18.6. The van der Waals surface area contributed by atoms with Gasteiger partial charge in [0.2, 0.25) is 0 Å². The number of aromatic nitrogens is 3. The van der Waals surface area contributed by atoms with Crippen molar-refractivity contribution >= 4 is 17.1 Å². The summed E-state index contributed by atoms with van der Waals surface area (Å²) in [4.78, 5) is 18.4. The van der Waals surface area contributed by atoms with Crippen molar-refractivity contribution in [3.63, 3.8) is 0 Å². The van der Waals surface area contributed by atoms with Gasteiger partial charge in [0.1, 0.15) is 11.5 Å². The quantitative estimate of drug-likeness (QED) is 0.176. The molecule has 70 heavy (non-hydrogen) atoms. The first-order valence-corrected chi connectivity index (χ1v) is 23.9. The third-order valence-corrected chi connectivity index (χ3v) is 15.2. The predicted octanol–water partition coefficient (Wildman–Crippen LogP) is 15.5. The highest BCUT2D eigenvalue weighted by atomic mass is 16.5. The van der Waals surface area contributed by atoms with Gasteiger partial charge in [-0.15, -0.1) is 0 Å². The predicted molar refractivity (Wildman–Crippen MR) is 279 cm³/mol. The number of benzene rings is 10. The molecule has 0 unspecified atom stereocenters. The normalized spacial score (nSPS) is 14.3. The number of ether oxygens (including phenoxy) is 1. The van der Waals surface area contributed by atoms with Gasteiger partial charge in [0.05, 0.1) is 22.2 Å². The summed E-state index contributed by atoms with van der Waals surface area (Å²) in [5, 5.41) is 0. The van der Waals surface area contributed by atoms with Gasteiger partial charge in [0, 0.05) is 33.5 Å². The van der Waals surface area contributed by atoms with Crippen LogP contribution in [0.4, 0.5) is 17.1 Å². The average Bonchev–Trinajstić information content (AvgIpc) is 3.89. The molecule has 2 aliphatic heterocycles. The molecule has 2 aliphatic carbocycles. The number of hydrogen-bond acceptors (Lipinski definition) is 5. The van der Waals surface area contributed by atoms with Crippen molar-refractivity contribution in [3.05, 3.63) is 287 Å². The number of fused-ring (bicyclic) bond motifs is 18. The molecule has 11 aromatic rings. The van der Waals surface area contributed by atoms with Crippen LogP contribution in [-0.2, 0) is 10.8 Å². The van der Waals surface area contributed by atoms with Crippen LogP contribution in [0.1, 0.15) is 44.5 Å². The average molecular weight is 893 g/mol. The fourth-order valence-electron chi connectivity index (χ4n) is 12.5. The van der Waals surface area contributed by atoms with Crippen LogP contribution in [0.25, 0.3) is 56.4 Å². The fourth-order valence-corrected chi connectivity index (χ4v) is 12.5. The van der Waals surface area contributed by atoms with Crippen molar-refractivity contribution in [1.82, 2.24) is 15.0 Å². The van der Waals surface area contributed by atoms with Crippen LogP contribution in [0.15, 0.2) is 243 Å². The van der Waals surface area contributed by atoms with Gasteiger partial charge in [0.25, 0.3) is 0 Å². The molecule has 0 saturated heterocycles. The molecule has 326 valence electrons. The Hall–Kier alpha value is -9.19. The van der Waals surface area contributed by atoms with Crippen molar-refractivity contribution in [2.45, 2.75) is 10.8 Å². The largest absolute Gasteiger partial charge is 0.457 e. The van der Waals surface area contributed by atoms with Gasteiger partial charge < -0.3 is 9.64 Å². The molecule has 10 aromatic carbocycles. The van der Waals surface area contributed by atoms with E-state index in [-0.39, 0.29) is 0 Å². The molecule has 5 nitrogen and oxygen atoms in total. The van der Waals surface area contributed by atoms with E-state index < -0.39 is 10.8 Å². The minimum Gasteiger partial charge on any atom is -0.457 e. The van der Waals surface area contributed by atoms with Gasteiger partial charge in [-0.25, -0.2) is 15.0 Å². The Kier molecular flexibility index (Phi) is 8.14. The molecule has 2 spiro atoms. The molecular weight excluding hydrogens is 853 g/mol. The topological polar surface area (TPSA) is 51.1 Å². The summed E-state index contributed by atoms with van der Waals surface area (Å²) in [6.07, 6.45) is 0. The smallest absolute Gasteiger partial charge is 0.164 e. The molecule has 0 N–H and O–H groups in total. The SMILES string of the molecule is c1ccc(-c2nc(-c3ccc4c(c3)-c3ccccc3C43c4ccccc4Oc4ccccc43)nc(-c3ccc4c(c3)-c3ccccc3C43c4ccccc4N(c4ccccc4)c4ccccc43)n2)cc1. The molecule has 4 aliphatic rings. The van der Waals surface area contributed by atoms with Crippen LogP contribution in [0.3, 0.4) is 0 Å². The highest BCUT2D eigenvalue weighted by molar-refractivity contribution is 5.97. The maximum atomic E-state index is 6.60. The third-order valence-electron chi connectivity index (χ3n) is 15.2. The van der Waals surface area contributed by atoms with E-state index in [1.807, 2.05) is 18.2 Å². The van der Waals surface area contributed by atoms with Crippen LogP contribution >= 0.6 is 0 Å². The van der Waals surface area contributed by atoms with E-state index in [4.69, 9.17) is 19.7 Å². The number of hydrogen-bond donors (Lipinski definition) is 0. The van der Waals surface area contributed by atoms with E-state index in [1.165, 1.54) is 61.4 Å². The Morgan fingerprint density at radius 2 is 0.657 bits per heavy atom. The van der Waals surface area contributed by atoms with Crippen LogP contribution in [0.5, 0.6) is 11.5 Å². The Morgan fingerprint density at radius 1 is 0.286 bits per heavy atom. The first kappa shape index (κ1) is 38.9. The second-order valence-electron chi connectivity index (χ2n) is 18.6. The van der Waals surface area contributed by atoms with Crippen LogP contribution < -0.4 is 9.64 Å². The molecule has 15 rings (SSSR count). The van der Waals surface area contributed by atoms with Gasteiger partial charge >= 0.3 is 0 Å². The summed E-state index contributed by atoms with van der Waals surface area (Å²) in [5.74, 6) is 3.60. The molecule has 0 atom stereocenters. The first-order chi connectivity index (χ1) is 34.7. The Balaban J connectivity index is 0.926.